The monoisotopic (exact) mass is 959 g/mol. The zero-order valence-corrected chi connectivity index (χ0v) is 42.1. The summed E-state index contributed by atoms with van der Waals surface area (Å²) in [5.41, 5.74) is 0. The number of hydrogen-bond donors (Lipinski definition) is 6. The van der Waals surface area contributed by atoms with E-state index in [2.05, 4.69) is 50.3 Å². The summed E-state index contributed by atoms with van der Waals surface area (Å²) < 4.78 is 33.7. The molecule has 6 unspecified atom stereocenters. The minimum absolute atomic E-state index is 0.0871. The molecule has 0 bridgehead atoms. The molecule has 0 aromatic carbocycles. The zero-order valence-electron chi connectivity index (χ0n) is 41.2. The number of ether oxygens (including phenoxy) is 2. The van der Waals surface area contributed by atoms with Gasteiger partial charge in [-0.05, 0) is 44.9 Å². The van der Waals surface area contributed by atoms with E-state index in [0.717, 1.165) is 83.5 Å². The van der Waals surface area contributed by atoms with Crippen LogP contribution in [0.3, 0.4) is 0 Å². The first kappa shape index (κ1) is 62.1. The van der Waals surface area contributed by atoms with Gasteiger partial charge >= 0.3 is 19.8 Å². The first-order chi connectivity index (χ1) is 31.9. The van der Waals surface area contributed by atoms with Crippen molar-refractivity contribution in [2.45, 2.75) is 268 Å². The van der Waals surface area contributed by atoms with E-state index in [0.29, 0.717) is 12.8 Å². The molecule has 14 heteroatoms. The maximum Gasteiger partial charge on any atom is 0.472 e. The molecule has 0 aromatic rings. The fourth-order valence-electron chi connectivity index (χ4n) is 8.07. The first-order valence-electron chi connectivity index (χ1n) is 26.3. The van der Waals surface area contributed by atoms with Gasteiger partial charge in [0.2, 0.25) is 0 Å². The van der Waals surface area contributed by atoms with E-state index in [-0.39, 0.29) is 12.8 Å². The summed E-state index contributed by atoms with van der Waals surface area (Å²) in [6.45, 7) is 3.22. The summed E-state index contributed by atoms with van der Waals surface area (Å²) in [6.07, 6.45) is 36.2. The molecule has 0 amide bonds. The van der Waals surface area contributed by atoms with Crippen LogP contribution >= 0.6 is 7.82 Å². The maximum atomic E-state index is 12.9. The van der Waals surface area contributed by atoms with Crippen LogP contribution in [0.2, 0.25) is 0 Å². The Bertz CT molecular complexity index is 1290. The molecule has 1 fully saturated rings. The molecule has 13 nitrogen and oxygen atoms in total. The molecule has 6 N–H and O–H groups in total. The van der Waals surface area contributed by atoms with E-state index in [1.807, 2.05) is 0 Å². The van der Waals surface area contributed by atoms with E-state index in [1.165, 1.54) is 103 Å². The molecule has 0 spiro atoms. The molecule has 386 valence electrons. The molecule has 1 aliphatic rings. The van der Waals surface area contributed by atoms with E-state index < -0.39 is 75.7 Å². The lowest BCUT2D eigenvalue weighted by molar-refractivity contribution is -0.220. The Balaban J connectivity index is 2.37. The highest BCUT2D eigenvalue weighted by molar-refractivity contribution is 7.47. The smallest absolute Gasteiger partial charge is 0.462 e. The number of phosphoric acid groups is 1. The van der Waals surface area contributed by atoms with Crippen molar-refractivity contribution in [2.24, 2.45) is 0 Å². The predicted molar refractivity (Wildman–Crippen MR) is 263 cm³/mol. The summed E-state index contributed by atoms with van der Waals surface area (Å²) >= 11 is 0. The SMILES string of the molecule is CC/C=C\C/C=C\C/C=C\CCCCCCCCCC(=O)OC(COC(=O)CCCCCCCCCCCCCCCCCCCCCC)COP(=O)(O)OC1C(O)C(O)C(O)C(O)C1O. The minimum atomic E-state index is -5.12. The van der Waals surface area contributed by atoms with E-state index in [9.17, 15) is 44.6 Å². The van der Waals surface area contributed by atoms with Gasteiger partial charge in [0.05, 0.1) is 6.61 Å². The van der Waals surface area contributed by atoms with Gasteiger partial charge in [-0.1, -0.05) is 204 Å². The molecular weight excluding hydrogens is 864 g/mol. The summed E-state index contributed by atoms with van der Waals surface area (Å²) in [5, 5.41) is 50.3. The van der Waals surface area contributed by atoms with Crippen LogP contribution in [-0.2, 0) is 32.7 Å². The highest BCUT2D eigenvalue weighted by Gasteiger charge is 2.51. The van der Waals surface area contributed by atoms with Crippen molar-refractivity contribution in [3.8, 4) is 0 Å². The van der Waals surface area contributed by atoms with Crippen LogP contribution in [0, 0.1) is 0 Å². The number of carbonyl (C=O) groups is 2. The summed E-state index contributed by atoms with van der Waals surface area (Å²) in [7, 11) is -5.12. The number of aliphatic hydroxyl groups excluding tert-OH is 5. The second kappa shape index (κ2) is 42.0. The van der Waals surface area contributed by atoms with Crippen LogP contribution in [0.15, 0.2) is 36.5 Å². The van der Waals surface area contributed by atoms with E-state index >= 15 is 0 Å². The maximum absolute atomic E-state index is 12.9. The first-order valence-corrected chi connectivity index (χ1v) is 27.8. The number of allylic oxidation sites excluding steroid dienone is 6. The topological polar surface area (TPSA) is 210 Å². The van der Waals surface area contributed by atoms with E-state index in [1.54, 1.807) is 0 Å². The molecule has 0 saturated heterocycles. The fraction of sp³-hybridized carbons (Fsp3) is 0.846. The van der Waals surface area contributed by atoms with Gasteiger partial charge in [-0.25, -0.2) is 4.57 Å². The molecule has 66 heavy (non-hydrogen) atoms. The Morgan fingerprint density at radius 3 is 1.32 bits per heavy atom. The summed E-state index contributed by atoms with van der Waals surface area (Å²) in [4.78, 5) is 35.9. The van der Waals surface area contributed by atoms with Crippen molar-refractivity contribution in [2.75, 3.05) is 13.2 Å². The summed E-state index contributed by atoms with van der Waals surface area (Å²) in [5.74, 6) is -1.10. The van der Waals surface area contributed by atoms with Gasteiger partial charge in [-0.15, -0.1) is 0 Å². The van der Waals surface area contributed by atoms with Gasteiger partial charge in [0, 0.05) is 12.8 Å². The Kier molecular flexibility index (Phi) is 39.5. The van der Waals surface area contributed by atoms with Gasteiger partial charge in [0.25, 0.3) is 0 Å². The lowest BCUT2D eigenvalue weighted by atomic mass is 9.85. The number of unbranched alkanes of at least 4 members (excludes halogenated alkanes) is 26. The standard InChI is InChI=1S/C52H95O13P/c1-3-5-7-9-11-13-15-17-19-21-22-23-25-26-28-30-32-34-36-38-40-45(53)62-42-44(43-63-66(60,61)65-52-50(58)48(56)47(55)49(57)51(52)59)64-46(54)41-39-37-35-33-31-29-27-24-20-18-16-14-12-10-8-6-4-2/h6,8,12,14,18,20,44,47-52,55-59H,3-5,7,9-11,13,15-17,19,21-43H2,1-2H3,(H,60,61)/b8-6-,14-12-,20-18-. The van der Waals surface area contributed by atoms with Crippen LogP contribution in [-0.4, -0.2) is 98.3 Å². The molecule has 0 radical (unpaired) electrons. The third-order valence-electron chi connectivity index (χ3n) is 12.2. The van der Waals surface area contributed by atoms with Crippen LogP contribution in [0.5, 0.6) is 0 Å². The quantitative estimate of drug-likeness (QED) is 0.0145. The Morgan fingerprint density at radius 2 is 0.864 bits per heavy atom. The van der Waals surface area contributed by atoms with Crippen molar-refractivity contribution >= 4 is 19.8 Å². The van der Waals surface area contributed by atoms with Crippen molar-refractivity contribution in [1.82, 2.24) is 0 Å². The third-order valence-corrected chi connectivity index (χ3v) is 13.2. The number of hydrogen-bond acceptors (Lipinski definition) is 12. The minimum Gasteiger partial charge on any atom is -0.462 e. The van der Waals surface area contributed by atoms with Gasteiger partial charge in [-0.2, -0.15) is 0 Å². The average molecular weight is 959 g/mol. The van der Waals surface area contributed by atoms with Crippen LogP contribution in [0.4, 0.5) is 0 Å². The van der Waals surface area contributed by atoms with Crippen molar-refractivity contribution in [1.29, 1.82) is 0 Å². The second-order valence-corrected chi connectivity index (χ2v) is 19.8. The Labute approximate surface area is 399 Å². The van der Waals surface area contributed by atoms with Gasteiger partial charge < -0.3 is 39.9 Å². The lowest BCUT2D eigenvalue weighted by Gasteiger charge is -2.41. The Morgan fingerprint density at radius 1 is 0.485 bits per heavy atom. The number of esters is 2. The van der Waals surface area contributed by atoms with Gasteiger partial charge in [-0.3, -0.25) is 18.6 Å². The Hall–Kier alpha value is -1.93. The van der Waals surface area contributed by atoms with Crippen molar-refractivity contribution < 1.29 is 63.1 Å². The highest BCUT2D eigenvalue weighted by Crippen LogP contribution is 2.47. The molecule has 1 aliphatic carbocycles. The van der Waals surface area contributed by atoms with Crippen molar-refractivity contribution in [3.05, 3.63) is 36.5 Å². The predicted octanol–water partition coefficient (Wildman–Crippen LogP) is 11.3. The number of rotatable bonds is 44. The molecular formula is C52H95O13P. The molecule has 0 heterocycles. The lowest BCUT2D eigenvalue weighted by Crippen LogP contribution is -2.64. The van der Waals surface area contributed by atoms with Gasteiger partial charge in [0.1, 0.15) is 43.2 Å². The van der Waals surface area contributed by atoms with E-state index in [4.69, 9.17) is 18.5 Å². The van der Waals surface area contributed by atoms with Crippen LogP contribution in [0.25, 0.3) is 0 Å². The molecule has 6 atom stereocenters. The number of phosphoric ester groups is 1. The van der Waals surface area contributed by atoms with Crippen LogP contribution < -0.4 is 0 Å². The summed E-state index contributed by atoms with van der Waals surface area (Å²) in [6, 6.07) is 0. The normalized spacial score (nSPS) is 21.5. The van der Waals surface area contributed by atoms with Crippen molar-refractivity contribution in [3.63, 3.8) is 0 Å². The molecule has 0 aliphatic heterocycles. The average Bonchev–Trinajstić information content (AvgIpc) is 3.30. The van der Waals surface area contributed by atoms with Gasteiger partial charge in [0.15, 0.2) is 6.10 Å². The molecule has 1 rings (SSSR count). The second-order valence-electron chi connectivity index (χ2n) is 18.4. The largest absolute Gasteiger partial charge is 0.472 e. The molecule has 0 aromatic heterocycles. The van der Waals surface area contributed by atoms with Crippen LogP contribution in [0.1, 0.15) is 226 Å². The zero-order chi connectivity index (χ0) is 48.5. The third kappa shape index (κ3) is 33.5. The number of aliphatic hydroxyl groups is 5. The highest BCUT2D eigenvalue weighted by atomic mass is 31.2. The molecule has 1 saturated carbocycles. The number of carbonyl (C=O) groups excluding carboxylic acids is 2. The fourth-order valence-corrected chi connectivity index (χ4v) is 9.04.